The van der Waals surface area contributed by atoms with Crippen molar-refractivity contribution in [1.29, 1.82) is 0 Å². The predicted octanol–water partition coefficient (Wildman–Crippen LogP) is 1.83. The summed E-state index contributed by atoms with van der Waals surface area (Å²) in [5.74, 6) is 4.69. The Kier molecular flexibility index (Phi) is 5.89. The van der Waals surface area contributed by atoms with E-state index in [2.05, 4.69) is 11.2 Å². The Morgan fingerprint density at radius 2 is 1.67 bits per heavy atom. The van der Waals surface area contributed by atoms with E-state index < -0.39 is 0 Å². The van der Waals surface area contributed by atoms with Crippen LogP contribution < -0.4 is 19.5 Å². The molecule has 0 amide bonds. The molecule has 0 bridgehead atoms. The van der Waals surface area contributed by atoms with Crippen LogP contribution in [-0.2, 0) is 6.54 Å². The third-order valence-electron chi connectivity index (χ3n) is 2.55. The first-order chi connectivity index (χ1) is 8.76. The second-order valence-corrected chi connectivity index (χ2v) is 3.65. The summed E-state index contributed by atoms with van der Waals surface area (Å²) in [6, 6.07) is 3.72. The maximum atomic E-state index is 5.33. The lowest BCUT2D eigenvalue weighted by molar-refractivity contribution is 0.347. The number of terminal acetylenes is 1. The Bertz CT molecular complexity index is 424. The van der Waals surface area contributed by atoms with Crippen LogP contribution in [0.2, 0.25) is 0 Å². The Morgan fingerprint density at radius 3 is 2.22 bits per heavy atom. The fourth-order valence-electron chi connectivity index (χ4n) is 1.61. The first-order valence-electron chi connectivity index (χ1n) is 5.69. The summed E-state index contributed by atoms with van der Waals surface area (Å²) in [4.78, 5) is 0. The quantitative estimate of drug-likeness (QED) is 0.591. The van der Waals surface area contributed by atoms with Crippen molar-refractivity contribution in [3.63, 3.8) is 0 Å². The average molecular weight is 249 g/mol. The standard InChI is InChI=1S/C14H19NO3/c1-5-6-7-15-10-11-8-13(17-3)14(18-4)9-12(11)16-2/h1,8-9,15H,6-7,10H2,2-4H3. The third kappa shape index (κ3) is 3.57. The van der Waals surface area contributed by atoms with Crippen molar-refractivity contribution in [2.24, 2.45) is 0 Å². The monoisotopic (exact) mass is 249 g/mol. The minimum Gasteiger partial charge on any atom is -0.496 e. The van der Waals surface area contributed by atoms with Crippen LogP contribution in [0.15, 0.2) is 12.1 Å². The third-order valence-corrected chi connectivity index (χ3v) is 2.55. The van der Waals surface area contributed by atoms with E-state index in [4.69, 9.17) is 20.6 Å². The maximum absolute atomic E-state index is 5.33. The zero-order chi connectivity index (χ0) is 13.4. The van der Waals surface area contributed by atoms with Crippen LogP contribution in [0.3, 0.4) is 0 Å². The molecule has 1 rings (SSSR count). The second kappa shape index (κ2) is 7.46. The highest BCUT2D eigenvalue weighted by molar-refractivity contribution is 5.50. The normalized spacial score (nSPS) is 9.67. The summed E-state index contributed by atoms with van der Waals surface area (Å²) in [5, 5.41) is 3.25. The molecule has 18 heavy (non-hydrogen) atoms. The van der Waals surface area contributed by atoms with Crippen LogP contribution in [0.25, 0.3) is 0 Å². The van der Waals surface area contributed by atoms with Crippen molar-refractivity contribution < 1.29 is 14.2 Å². The summed E-state index contributed by atoms with van der Waals surface area (Å²) in [5.41, 5.74) is 1.01. The molecule has 0 saturated heterocycles. The van der Waals surface area contributed by atoms with Gasteiger partial charge in [-0.25, -0.2) is 0 Å². The highest BCUT2D eigenvalue weighted by Crippen LogP contribution is 2.34. The van der Waals surface area contributed by atoms with Crippen LogP contribution in [-0.4, -0.2) is 27.9 Å². The van der Waals surface area contributed by atoms with Crippen molar-refractivity contribution in [3.8, 4) is 29.6 Å². The zero-order valence-corrected chi connectivity index (χ0v) is 11.1. The summed E-state index contributed by atoms with van der Waals surface area (Å²) in [6.07, 6.45) is 5.90. The summed E-state index contributed by atoms with van der Waals surface area (Å²) in [7, 11) is 4.84. The molecule has 0 aliphatic rings. The molecule has 0 aliphatic heterocycles. The zero-order valence-electron chi connectivity index (χ0n) is 11.1. The van der Waals surface area contributed by atoms with Crippen LogP contribution >= 0.6 is 0 Å². The van der Waals surface area contributed by atoms with Gasteiger partial charge in [-0.1, -0.05) is 0 Å². The lowest BCUT2D eigenvalue weighted by Gasteiger charge is -2.14. The molecule has 0 spiro atoms. The van der Waals surface area contributed by atoms with Gasteiger partial charge in [0.05, 0.1) is 21.3 Å². The Morgan fingerprint density at radius 1 is 1.06 bits per heavy atom. The highest BCUT2D eigenvalue weighted by atomic mass is 16.5. The number of benzene rings is 1. The largest absolute Gasteiger partial charge is 0.496 e. The lowest BCUT2D eigenvalue weighted by atomic mass is 10.1. The van der Waals surface area contributed by atoms with Crippen molar-refractivity contribution in [2.45, 2.75) is 13.0 Å². The lowest BCUT2D eigenvalue weighted by Crippen LogP contribution is -2.15. The Labute approximate surface area is 108 Å². The number of hydrogen-bond acceptors (Lipinski definition) is 4. The van der Waals surface area contributed by atoms with Gasteiger partial charge in [-0.15, -0.1) is 12.3 Å². The first kappa shape index (κ1) is 14.2. The van der Waals surface area contributed by atoms with E-state index >= 15 is 0 Å². The fourth-order valence-corrected chi connectivity index (χ4v) is 1.61. The number of rotatable bonds is 7. The smallest absolute Gasteiger partial charge is 0.164 e. The SMILES string of the molecule is C#CCCNCc1cc(OC)c(OC)cc1OC. The number of ether oxygens (including phenoxy) is 3. The van der Waals surface area contributed by atoms with Gasteiger partial charge >= 0.3 is 0 Å². The molecule has 0 fully saturated rings. The van der Waals surface area contributed by atoms with Crippen molar-refractivity contribution >= 4 is 0 Å². The summed E-state index contributed by atoms with van der Waals surface area (Å²) >= 11 is 0. The van der Waals surface area contributed by atoms with E-state index in [-0.39, 0.29) is 0 Å². The Balaban J connectivity index is 2.85. The predicted molar refractivity (Wildman–Crippen MR) is 71.3 cm³/mol. The van der Waals surface area contributed by atoms with Gasteiger partial charge < -0.3 is 19.5 Å². The highest BCUT2D eigenvalue weighted by Gasteiger charge is 2.11. The van der Waals surface area contributed by atoms with Gasteiger partial charge in [0.1, 0.15) is 5.75 Å². The molecule has 0 heterocycles. The molecule has 0 saturated carbocycles. The van der Waals surface area contributed by atoms with Crippen molar-refractivity contribution in [1.82, 2.24) is 5.32 Å². The molecule has 0 atom stereocenters. The molecule has 98 valence electrons. The molecule has 1 aromatic rings. The molecule has 1 N–H and O–H groups in total. The minimum atomic E-state index is 0.654. The number of hydrogen-bond donors (Lipinski definition) is 1. The second-order valence-electron chi connectivity index (χ2n) is 3.65. The van der Waals surface area contributed by atoms with E-state index in [1.807, 2.05) is 12.1 Å². The molecule has 4 heteroatoms. The van der Waals surface area contributed by atoms with Gasteiger partial charge in [0.25, 0.3) is 0 Å². The summed E-state index contributed by atoms with van der Waals surface area (Å²) in [6.45, 7) is 1.44. The van der Waals surface area contributed by atoms with Crippen LogP contribution in [0, 0.1) is 12.3 Å². The number of nitrogens with one attached hydrogen (secondary N) is 1. The fraction of sp³-hybridized carbons (Fsp3) is 0.429. The van der Waals surface area contributed by atoms with Crippen LogP contribution in [0.5, 0.6) is 17.2 Å². The van der Waals surface area contributed by atoms with Crippen LogP contribution in [0.4, 0.5) is 0 Å². The molecule has 0 aliphatic carbocycles. The molecule has 0 unspecified atom stereocenters. The van der Waals surface area contributed by atoms with Gasteiger partial charge in [0.2, 0.25) is 0 Å². The molecule has 0 aromatic heterocycles. The van der Waals surface area contributed by atoms with Crippen molar-refractivity contribution in [3.05, 3.63) is 17.7 Å². The van der Waals surface area contributed by atoms with E-state index in [9.17, 15) is 0 Å². The van der Waals surface area contributed by atoms with Gasteiger partial charge in [0.15, 0.2) is 11.5 Å². The molecular weight excluding hydrogens is 230 g/mol. The number of methoxy groups -OCH3 is 3. The maximum Gasteiger partial charge on any atom is 0.164 e. The van der Waals surface area contributed by atoms with Gasteiger partial charge in [-0.05, 0) is 6.07 Å². The van der Waals surface area contributed by atoms with Gasteiger partial charge in [0, 0.05) is 31.1 Å². The van der Waals surface area contributed by atoms with E-state index in [0.29, 0.717) is 24.5 Å². The van der Waals surface area contributed by atoms with E-state index in [0.717, 1.165) is 17.9 Å². The van der Waals surface area contributed by atoms with E-state index in [1.54, 1.807) is 21.3 Å². The molecule has 1 aromatic carbocycles. The average Bonchev–Trinajstić information content (AvgIpc) is 2.42. The van der Waals surface area contributed by atoms with Crippen molar-refractivity contribution in [2.75, 3.05) is 27.9 Å². The van der Waals surface area contributed by atoms with Gasteiger partial charge in [-0.3, -0.25) is 0 Å². The van der Waals surface area contributed by atoms with Crippen LogP contribution in [0.1, 0.15) is 12.0 Å². The summed E-state index contributed by atoms with van der Waals surface area (Å²) < 4.78 is 15.8. The van der Waals surface area contributed by atoms with E-state index in [1.165, 1.54) is 0 Å². The molecule has 4 nitrogen and oxygen atoms in total. The molecular formula is C14H19NO3. The minimum absolute atomic E-state index is 0.654. The first-order valence-corrected chi connectivity index (χ1v) is 5.69. The topological polar surface area (TPSA) is 39.7 Å². The van der Waals surface area contributed by atoms with Gasteiger partial charge in [-0.2, -0.15) is 0 Å². The Hall–Kier alpha value is -1.86. The molecule has 0 radical (unpaired) electrons.